The van der Waals surface area contributed by atoms with Gasteiger partial charge in [0.25, 0.3) is 7.82 Å². The van der Waals surface area contributed by atoms with Crippen LogP contribution in [0.2, 0.25) is 0 Å². The van der Waals surface area contributed by atoms with Gasteiger partial charge in [-0.15, -0.1) is 0 Å². The molecule has 344 valence electrons. The summed E-state index contributed by atoms with van der Waals surface area (Å²) in [5.41, 5.74) is 2.59. The maximum atomic E-state index is 12.7. The highest BCUT2D eigenvalue weighted by molar-refractivity contribution is 7.45. The van der Waals surface area contributed by atoms with Gasteiger partial charge in [-0.1, -0.05) is 101 Å². The van der Waals surface area contributed by atoms with Gasteiger partial charge >= 0.3 is 11.9 Å². The second-order valence-electron chi connectivity index (χ2n) is 16.8. The summed E-state index contributed by atoms with van der Waals surface area (Å²) in [6, 6.07) is 0. The molecule has 12 heteroatoms. The Morgan fingerprint density at radius 1 is 0.717 bits per heavy atom. The lowest BCUT2D eigenvalue weighted by Crippen LogP contribution is -2.37. The minimum Gasteiger partial charge on any atom is -0.756 e. The first-order valence-corrected chi connectivity index (χ1v) is 24.2. The lowest BCUT2D eigenvalue weighted by atomic mass is 10.0. The van der Waals surface area contributed by atoms with Gasteiger partial charge in [-0.25, -0.2) is 0 Å². The molecule has 0 saturated carbocycles. The number of hydrogen-bond donors (Lipinski definition) is 1. The Kier molecular flexibility index (Phi) is 31.1. The lowest BCUT2D eigenvalue weighted by molar-refractivity contribution is -0.870. The molecule has 0 spiro atoms. The van der Waals surface area contributed by atoms with Crippen molar-refractivity contribution in [3.8, 4) is 0 Å². The molecule has 0 aliphatic carbocycles. The van der Waals surface area contributed by atoms with Gasteiger partial charge in [0.15, 0.2) is 6.10 Å². The third-order valence-corrected chi connectivity index (χ3v) is 11.2. The normalized spacial score (nSPS) is 14.5. The number of aliphatic hydroxyl groups is 1. The van der Waals surface area contributed by atoms with Gasteiger partial charge in [-0.05, 0) is 95.6 Å². The number of nitrogens with zero attached hydrogens (tertiary/aromatic N) is 1. The zero-order valence-corrected chi connectivity index (χ0v) is 39.4. The second kappa shape index (κ2) is 33.8. The molecule has 0 fully saturated rings. The molecule has 1 aromatic rings. The molecular weight excluding hydrogens is 781 g/mol. The first-order valence-electron chi connectivity index (χ1n) is 22.8. The summed E-state index contributed by atoms with van der Waals surface area (Å²) in [6.07, 6.45) is 33.5. The van der Waals surface area contributed by atoms with Crippen molar-refractivity contribution in [2.24, 2.45) is 0 Å². The number of allylic oxidation sites excluding steroid dienone is 8. The zero-order chi connectivity index (χ0) is 44.5. The molecule has 1 N–H and O–H groups in total. The third kappa shape index (κ3) is 30.3. The molecule has 60 heavy (non-hydrogen) atoms. The number of quaternary nitrogens is 1. The Balaban J connectivity index is 2.42. The number of phosphoric acid groups is 1. The summed E-state index contributed by atoms with van der Waals surface area (Å²) in [5, 5.41) is 9.58. The van der Waals surface area contributed by atoms with Crippen LogP contribution in [0.1, 0.15) is 158 Å². The fraction of sp³-hybridized carbons (Fsp3) is 0.708. The monoisotopic (exact) mass is 864 g/mol. The van der Waals surface area contributed by atoms with Gasteiger partial charge in [-0.3, -0.25) is 14.2 Å². The second-order valence-corrected chi connectivity index (χ2v) is 18.2. The number of aliphatic hydroxyl groups excluding tert-OH is 1. The van der Waals surface area contributed by atoms with Crippen LogP contribution in [-0.2, 0) is 45.5 Å². The summed E-state index contributed by atoms with van der Waals surface area (Å²) in [6.45, 7) is 8.10. The highest BCUT2D eigenvalue weighted by Crippen LogP contribution is 2.38. The minimum atomic E-state index is -4.67. The van der Waals surface area contributed by atoms with Crippen molar-refractivity contribution in [2.75, 3.05) is 47.5 Å². The van der Waals surface area contributed by atoms with Crippen molar-refractivity contribution in [1.82, 2.24) is 0 Å². The van der Waals surface area contributed by atoms with E-state index < -0.39 is 32.5 Å². The third-order valence-electron chi connectivity index (χ3n) is 10.2. The van der Waals surface area contributed by atoms with Gasteiger partial charge in [0, 0.05) is 25.7 Å². The van der Waals surface area contributed by atoms with Crippen LogP contribution in [0, 0.1) is 13.8 Å². The number of hydrogen-bond acceptors (Lipinski definition) is 10. The average molecular weight is 864 g/mol. The summed E-state index contributed by atoms with van der Waals surface area (Å²) in [5.74, 6) is 1.31. The molecular formula is C48H82NO10P. The number of unbranched alkanes of at least 4 members (excludes halogenated alkanes) is 8. The van der Waals surface area contributed by atoms with Gasteiger partial charge in [0.2, 0.25) is 0 Å². The standard InChI is InChI=1S/C48H82NO10P/c1-8-10-27-33-45-41(3)42(4)46(59-45)34-29-24-21-22-25-30-35-47(51)55-39-44(40-57-60(53,54)56-38-37-49(5,6)7)58-48(52)36-31-26-20-18-16-14-12-11-13-15-17-19-23-28-32-43(50)9-2/h12-15,18-20,23,43-44,50H,8-11,16-17,21-22,24-40H2,1-7H3/b14-12-,15-13-,20-18-,23-19-/t43-,44-/m1/s1. The number of furan rings is 1. The van der Waals surface area contributed by atoms with Crippen molar-refractivity contribution in [3.05, 3.63) is 71.3 Å². The first kappa shape index (κ1) is 55.2. The van der Waals surface area contributed by atoms with E-state index in [0.29, 0.717) is 30.3 Å². The van der Waals surface area contributed by atoms with E-state index in [1.165, 1.54) is 30.4 Å². The van der Waals surface area contributed by atoms with Crippen LogP contribution < -0.4 is 4.89 Å². The predicted molar refractivity (Wildman–Crippen MR) is 240 cm³/mol. The van der Waals surface area contributed by atoms with Crippen molar-refractivity contribution in [1.29, 1.82) is 0 Å². The highest BCUT2D eigenvalue weighted by atomic mass is 31.2. The molecule has 0 aromatic carbocycles. The van der Waals surface area contributed by atoms with E-state index in [4.69, 9.17) is 22.9 Å². The molecule has 0 aliphatic rings. The zero-order valence-electron chi connectivity index (χ0n) is 38.5. The Morgan fingerprint density at radius 2 is 1.25 bits per heavy atom. The van der Waals surface area contributed by atoms with Crippen LogP contribution >= 0.6 is 7.82 Å². The van der Waals surface area contributed by atoms with E-state index in [9.17, 15) is 24.2 Å². The lowest BCUT2D eigenvalue weighted by Gasteiger charge is -2.28. The number of carbonyl (C=O) groups is 2. The Morgan fingerprint density at radius 3 is 1.83 bits per heavy atom. The van der Waals surface area contributed by atoms with Crippen molar-refractivity contribution >= 4 is 19.8 Å². The number of likely N-dealkylation sites (N-methyl/N-ethyl adjacent to an activating group) is 1. The summed E-state index contributed by atoms with van der Waals surface area (Å²) >= 11 is 0. The Labute approximate surface area is 363 Å². The van der Waals surface area contributed by atoms with Gasteiger partial charge in [0.1, 0.15) is 31.3 Å². The van der Waals surface area contributed by atoms with Crippen LogP contribution in [0.25, 0.3) is 0 Å². The molecule has 0 radical (unpaired) electrons. The molecule has 1 unspecified atom stereocenters. The van der Waals surface area contributed by atoms with Crippen molar-refractivity contribution in [2.45, 2.75) is 175 Å². The molecule has 0 bridgehead atoms. The predicted octanol–water partition coefficient (Wildman–Crippen LogP) is 10.7. The van der Waals surface area contributed by atoms with Gasteiger partial charge in [-0.2, -0.15) is 0 Å². The maximum Gasteiger partial charge on any atom is 0.306 e. The topological polar surface area (TPSA) is 145 Å². The van der Waals surface area contributed by atoms with Crippen LogP contribution in [0.5, 0.6) is 0 Å². The van der Waals surface area contributed by atoms with Crippen LogP contribution in [-0.4, -0.2) is 81.2 Å². The molecule has 0 amide bonds. The molecule has 3 atom stereocenters. The van der Waals surface area contributed by atoms with Gasteiger partial charge < -0.3 is 37.4 Å². The van der Waals surface area contributed by atoms with Crippen molar-refractivity contribution < 1.29 is 51.6 Å². The highest BCUT2D eigenvalue weighted by Gasteiger charge is 2.22. The minimum absolute atomic E-state index is 0.0574. The quantitative estimate of drug-likeness (QED) is 0.0226. The van der Waals surface area contributed by atoms with Crippen LogP contribution in [0.3, 0.4) is 0 Å². The summed E-state index contributed by atoms with van der Waals surface area (Å²) < 4.78 is 40.1. The summed E-state index contributed by atoms with van der Waals surface area (Å²) in [4.78, 5) is 37.7. The molecule has 1 aromatic heterocycles. The van der Waals surface area contributed by atoms with Crippen LogP contribution in [0.4, 0.5) is 0 Å². The van der Waals surface area contributed by atoms with E-state index in [0.717, 1.165) is 95.0 Å². The molecule has 0 saturated heterocycles. The summed E-state index contributed by atoms with van der Waals surface area (Å²) in [7, 11) is 1.08. The largest absolute Gasteiger partial charge is 0.756 e. The smallest absolute Gasteiger partial charge is 0.306 e. The first-order chi connectivity index (χ1) is 28.7. The van der Waals surface area contributed by atoms with Crippen molar-refractivity contribution in [3.63, 3.8) is 0 Å². The average Bonchev–Trinajstić information content (AvgIpc) is 3.46. The number of esters is 2. The molecule has 1 heterocycles. The Hall–Kier alpha value is -2.79. The maximum absolute atomic E-state index is 12.7. The molecule has 11 nitrogen and oxygen atoms in total. The van der Waals surface area contributed by atoms with E-state index in [1.807, 2.05) is 40.2 Å². The van der Waals surface area contributed by atoms with E-state index in [-0.39, 0.29) is 32.2 Å². The fourth-order valence-corrected chi connectivity index (χ4v) is 6.89. The fourth-order valence-electron chi connectivity index (χ4n) is 6.16. The van der Waals surface area contributed by atoms with E-state index in [2.05, 4.69) is 57.2 Å². The SMILES string of the molecule is CCCCCc1oc(CCCCCCCCC(=O)OC[C@H](COP(=O)([O-])OCC[N+](C)(C)C)OC(=O)CCC/C=C\C/C=C\C/C=C\C/C=C\CC[C@H](O)CC)c(C)c1C. The van der Waals surface area contributed by atoms with Gasteiger partial charge in [0.05, 0.1) is 33.9 Å². The number of aryl methyl sites for hydroxylation is 2. The van der Waals surface area contributed by atoms with Crippen LogP contribution in [0.15, 0.2) is 53.0 Å². The Bertz CT molecular complexity index is 1460. The number of ether oxygens (including phenoxy) is 2. The van der Waals surface area contributed by atoms with E-state index in [1.54, 1.807) is 0 Å². The number of carbonyl (C=O) groups excluding carboxylic acids is 2. The molecule has 0 aliphatic heterocycles. The number of rotatable bonds is 37. The number of phosphoric ester groups is 1. The molecule has 1 rings (SSSR count). The van der Waals surface area contributed by atoms with E-state index >= 15 is 0 Å².